The van der Waals surface area contributed by atoms with Crippen LogP contribution in [0.5, 0.6) is 0 Å². The van der Waals surface area contributed by atoms with Gasteiger partial charge in [-0.2, -0.15) is 10.2 Å². The van der Waals surface area contributed by atoms with Crippen LogP contribution in [0.3, 0.4) is 0 Å². The second kappa shape index (κ2) is 4.45. The van der Waals surface area contributed by atoms with Crippen molar-refractivity contribution in [2.45, 2.75) is 19.1 Å². The number of aliphatic imine (C=N–C) groups is 1. The molecule has 3 rings (SSSR count). The zero-order chi connectivity index (χ0) is 12.5. The summed E-state index contributed by atoms with van der Waals surface area (Å²) in [5.74, 6) is 0.873. The lowest BCUT2D eigenvalue weighted by molar-refractivity contribution is 0.277. The van der Waals surface area contributed by atoms with E-state index < -0.39 is 0 Å². The molecule has 0 spiro atoms. The van der Waals surface area contributed by atoms with Gasteiger partial charge in [0.25, 0.3) is 0 Å². The molecule has 1 atom stereocenters. The van der Waals surface area contributed by atoms with Crippen molar-refractivity contribution in [3.05, 3.63) is 29.9 Å². The second-order valence-electron chi connectivity index (χ2n) is 4.22. The van der Waals surface area contributed by atoms with Crippen LogP contribution in [-0.4, -0.2) is 32.3 Å². The van der Waals surface area contributed by atoms with E-state index in [0.29, 0.717) is 11.7 Å². The molecule has 0 saturated heterocycles. The maximum Gasteiger partial charge on any atom is 0.150 e. The van der Waals surface area contributed by atoms with Gasteiger partial charge in [0, 0.05) is 44.1 Å². The van der Waals surface area contributed by atoms with Gasteiger partial charge in [0.1, 0.15) is 17.2 Å². The highest BCUT2D eigenvalue weighted by Gasteiger charge is 2.27. The highest BCUT2D eigenvalue weighted by atomic mass is 35.5. The Morgan fingerprint density at radius 2 is 2.44 bits per heavy atom. The molecule has 0 aromatic carbocycles. The van der Waals surface area contributed by atoms with E-state index in [4.69, 9.17) is 11.6 Å². The van der Waals surface area contributed by atoms with Crippen molar-refractivity contribution >= 4 is 23.0 Å². The third kappa shape index (κ3) is 2.11. The van der Waals surface area contributed by atoms with Gasteiger partial charge < -0.3 is 5.32 Å². The van der Waals surface area contributed by atoms with Gasteiger partial charge in [0.2, 0.25) is 0 Å². The number of allylic oxidation sites excluding steroid dienone is 1. The Bertz CT molecular complexity index is 543. The molecule has 0 aliphatic carbocycles. The molecule has 3 heterocycles. The zero-order valence-corrected chi connectivity index (χ0v) is 10.7. The van der Waals surface area contributed by atoms with Crippen molar-refractivity contribution in [1.82, 2.24) is 20.1 Å². The molecule has 1 N–H and O–H groups in total. The molecule has 0 saturated carbocycles. The van der Waals surface area contributed by atoms with Crippen LogP contribution in [0.25, 0.3) is 0 Å². The number of aromatic nitrogens is 2. The van der Waals surface area contributed by atoms with Crippen LogP contribution < -0.4 is 5.32 Å². The first-order valence-electron chi connectivity index (χ1n) is 5.70. The first-order chi connectivity index (χ1) is 8.72. The molecule has 0 amide bonds. The van der Waals surface area contributed by atoms with Crippen LogP contribution in [0.15, 0.2) is 34.4 Å². The monoisotopic (exact) mass is 264 g/mol. The standard InChI is InChI=1S/C11H13ClN6/c1-17-7-8(6-15-17)5-13-11-4-9(12)16-10-2-3-14-18(10)11/h3-4,6-7,10,13H,2,5H2,1H3. The van der Waals surface area contributed by atoms with E-state index >= 15 is 0 Å². The van der Waals surface area contributed by atoms with Gasteiger partial charge >= 0.3 is 0 Å². The van der Waals surface area contributed by atoms with Gasteiger partial charge in [-0.05, 0) is 0 Å². The van der Waals surface area contributed by atoms with Crippen LogP contribution in [0.4, 0.5) is 0 Å². The van der Waals surface area contributed by atoms with Crippen molar-refractivity contribution < 1.29 is 0 Å². The minimum atomic E-state index is -0.00102. The molecule has 0 bridgehead atoms. The smallest absolute Gasteiger partial charge is 0.150 e. The SMILES string of the molecule is Cn1cc(CNC2=CC(Cl)=NC3CC=NN23)cn1. The van der Waals surface area contributed by atoms with Gasteiger partial charge in [0.15, 0.2) is 0 Å². The van der Waals surface area contributed by atoms with Crippen molar-refractivity contribution in [3.8, 4) is 0 Å². The summed E-state index contributed by atoms with van der Waals surface area (Å²) in [4.78, 5) is 4.30. The van der Waals surface area contributed by atoms with Crippen molar-refractivity contribution in [2.24, 2.45) is 17.1 Å². The number of rotatable bonds is 3. The normalized spacial score (nSPS) is 21.7. The number of hydrogen-bond donors (Lipinski definition) is 1. The summed E-state index contributed by atoms with van der Waals surface area (Å²) in [5.41, 5.74) is 1.11. The van der Waals surface area contributed by atoms with Crippen LogP contribution >= 0.6 is 11.6 Å². The van der Waals surface area contributed by atoms with Gasteiger partial charge in [-0.1, -0.05) is 11.6 Å². The number of aryl methyl sites for hydroxylation is 1. The minimum Gasteiger partial charge on any atom is -0.366 e. The summed E-state index contributed by atoms with van der Waals surface area (Å²) in [6, 6.07) is 0. The number of nitrogens with zero attached hydrogens (tertiary/aromatic N) is 5. The van der Waals surface area contributed by atoms with E-state index in [1.54, 1.807) is 10.8 Å². The molecule has 0 fully saturated rings. The highest BCUT2D eigenvalue weighted by molar-refractivity contribution is 6.68. The third-order valence-corrected chi connectivity index (χ3v) is 3.02. The summed E-state index contributed by atoms with van der Waals surface area (Å²) in [5, 5.41) is 14.1. The van der Waals surface area contributed by atoms with Crippen molar-refractivity contribution in [2.75, 3.05) is 0 Å². The molecule has 2 aliphatic heterocycles. The fourth-order valence-electron chi connectivity index (χ4n) is 1.98. The Kier molecular flexibility index (Phi) is 2.79. The molecule has 2 aliphatic rings. The van der Waals surface area contributed by atoms with E-state index in [1.165, 1.54) is 0 Å². The van der Waals surface area contributed by atoms with Crippen LogP contribution in [0.2, 0.25) is 0 Å². The highest BCUT2D eigenvalue weighted by Crippen LogP contribution is 2.22. The Labute approximate surface area is 110 Å². The van der Waals surface area contributed by atoms with Crippen LogP contribution in [0.1, 0.15) is 12.0 Å². The molecule has 0 radical (unpaired) electrons. The molecular weight excluding hydrogens is 252 g/mol. The molecule has 1 aromatic rings. The minimum absolute atomic E-state index is 0.00102. The third-order valence-electron chi connectivity index (χ3n) is 2.81. The molecule has 6 nitrogen and oxygen atoms in total. The average Bonchev–Trinajstić information content (AvgIpc) is 2.94. The van der Waals surface area contributed by atoms with E-state index in [2.05, 4.69) is 20.5 Å². The van der Waals surface area contributed by atoms with Gasteiger partial charge in [-0.3, -0.25) is 4.68 Å². The van der Waals surface area contributed by atoms with Gasteiger partial charge in [-0.25, -0.2) is 10.0 Å². The molecule has 7 heteroatoms. The van der Waals surface area contributed by atoms with E-state index in [-0.39, 0.29) is 6.17 Å². The Balaban J connectivity index is 1.71. The predicted octanol–water partition coefficient (Wildman–Crippen LogP) is 1.02. The Hall–Kier alpha value is -1.82. The first-order valence-corrected chi connectivity index (χ1v) is 6.08. The van der Waals surface area contributed by atoms with E-state index in [9.17, 15) is 0 Å². The number of hydrazone groups is 1. The van der Waals surface area contributed by atoms with E-state index in [1.807, 2.05) is 30.7 Å². The molecule has 18 heavy (non-hydrogen) atoms. The maximum atomic E-state index is 6.00. The maximum absolute atomic E-state index is 6.00. The molecule has 1 aromatic heterocycles. The summed E-state index contributed by atoms with van der Waals surface area (Å²) in [6.07, 6.45) is 8.23. The van der Waals surface area contributed by atoms with Crippen LogP contribution in [0, 0.1) is 0 Å². The molecule has 1 unspecified atom stereocenters. The lowest BCUT2D eigenvalue weighted by Crippen LogP contribution is -2.35. The average molecular weight is 265 g/mol. The Morgan fingerprint density at radius 3 is 3.22 bits per heavy atom. The van der Waals surface area contributed by atoms with Gasteiger partial charge in [-0.15, -0.1) is 0 Å². The second-order valence-corrected chi connectivity index (χ2v) is 4.60. The first kappa shape index (κ1) is 11.3. The number of halogens is 1. The van der Waals surface area contributed by atoms with Gasteiger partial charge in [0.05, 0.1) is 6.20 Å². The predicted molar refractivity (Wildman–Crippen MR) is 70.2 cm³/mol. The number of nitrogens with one attached hydrogen (secondary N) is 1. The number of fused-ring (bicyclic) bond motifs is 1. The fourth-order valence-corrected chi connectivity index (χ4v) is 2.20. The molecule has 94 valence electrons. The summed E-state index contributed by atoms with van der Waals surface area (Å²) < 4.78 is 1.78. The Morgan fingerprint density at radius 1 is 1.56 bits per heavy atom. The summed E-state index contributed by atoms with van der Waals surface area (Å²) in [7, 11) is 1.90. The lowest BCUT2D eigenvalue weighted by atomic mass is 10.3. The number of hydrogen-bond acceptors (Lipinski definition) is 5. The van der Waals surface area contributed by atoms with Crippen molar-refractivity contribution in [3.63, 3.8) is 0 Å². The summed E-state index contributed by atoms with van der Waals surface area (Å²) in [6.45, 7) is 0.683. The quantitative estimate of drug-likeness (QED) is 0.887. The topological polar surface area (TPSA) is 57.8 Å². The fraction of sp³-hybridized carbons (Fsp3) is 0.364. The zero-order valence-electron chi connectivity index (χ0n) is 9.91. The summed E-state index contributed by atoms with van der Waals surface area (Å²) >= 11 is 6.00. The molecular formula is C11H13ClN6. The largest absolute Gasteiger partial charge is 0.366 e. The van der Waals surface area contributed by atoms with Crippen LogP contribution in [-0.2, 0) is 13.6 Å². The van der Waals surface area contributed by atoms with Crippen molar-refractivity contribution in [1.29, 1.82) is 0 Å². The lowest BCUT2D eigenvalue weighted by Gasteiger charge is -2.27. The van der Waals surface area contributed by atoms with E-state index in [0.717, 1.165) is 17.8 Å².